The molecule has 0 aliphatic rings. The van der Waals surface area contributed by atoms with Crippen LogP contribution in [0.25, 0.3) is 0 Å². The van der Waals surface area contributed by atoms with Gasteiger partial charge in [0.2, 0.25) is 0 Å². The maximum atomic E-state index is 13.6. The molecule has 0 radical (unpaired) electrons. The van der Waals surface area contributed by atoms with Gasteiger partial charge in [0.25, 0.3) is 0 Å². The van der Waals surface area contributed by atoms with E-state index in [1.54, 1.807) is 6.07 Å². The van der Waals surface area contributed by atoms with Crippen molar-refractivity contribution in [1.29, 1.82) is 0 Å². The molecule has 2 nitrogen and oxygen atoms in total. The number of hydrogen-bond acceptors (Lipinski definition) is 2. The minimum absolute atomic E-state index is 0.0334. The number of rotatable bonds is 4. The van der Waals surface area contributed by atoms with E-state index in [4.69, 9.17) is 16.3 Å². The maximum Gasteiger partial charge on any atom is 0.131 e. The molecule has 20 heavy (non-hydrogen) atoms. The smallest absolute Gasteiger partial charge is 0.131 e. The van der Waals surface area contributed by atoms with Crippen molar-refractivity contribution in [2.24, 2.45) is 0 Å². The summed E-state index contributed by atoms with van der Waals surface area (Å²) in [7, 11) is 0. The van der Waals surface area contributed by atoms with Crippen LogP contribution in [-0.4, -0.2) is 5.11 Å². The lowest BCUT2D eigenvalue weighted by atomic mass is 10.1. The summed E-state index contributed by atoms with van der Waals surface area (Å²) in [6, 6.07) is 8.09. The maximum absolute atomic E-state index is 13.6. The number of hydrogen-bond donors (Lipinski definition) is 1. The number of aliphatic hydroxyl groups is 1. The second-order valence-corrected chi connectivity index (χ2v) is 4.82. The van der Waals surface area contributed by atoms with E-state index in [1.807, 2.05) is 0 Å². The van der Waals surface area contributed by atoms with E-state index in [0.717, 1.165) is 0 Å². The molecule has 2 aromatic rings. The topological polar surface area (TPSA) is 29.5 Å². The fraction of sp³-hybridized carbons (Fsp3) is 0.200. The summed E-state index contributed by atoms with van der Waals surface area (Å²) in [6.07, 6.45) is -0.879. The second-order valence-electron chi connectivity index (χ2n) is 4.38. The predicted molar refractivity (Wildman–Crippen MR) is 72.8 cm³/mol. The molecule has 0 spiro atoms. The minimum Gasteiger partial charge on any atom is -0.488 e. The second kappa shape index (κ2) is 6.20. The molecule has 0 fully saturated rings. The molecule has 0 saturated carbocycles. The Hall–Kier alpha value is -1.65. The Balaban J connectivity index is 2.18. The molecule has 0 aliphatic carbocycles. The lowest BCUT2D eigenvalue weighted by Crippen LogP contribution is -2.03. The van der Waals surface area contributed by atoms with E-state index < -0.39 is 17.7 Å². The van der Waals surface area contributed by atoms with Crippen LogP contribution >= 0.6 is 11.6 Å². The van der Waals surface area contributed by atoms with Gasteiger partial charge in [-0.15, -0.1) is 0 Å². The van der Waals surface area contributed by atoms with Crippen LogP contribution in [0.3, 0.4) is 0 Å². The Bertz CT molecular complexity index is 615. The Labute approximate surface area is 120 Å². The van der Waals surface area contributed by atoms with Crippen LogP contribution in [0, 0.1) is 11.6 Å². The largest absolute Gasteiger partial charge is 0.488 e. The standard InChI is InChI=1S/C15H13ClF2O2/c1-9(19)13-7-12(17)4-5-15(13)20-8-10-2-3-11(16)6-14(10)18/h2-7,9,19H,8H2,1H3/t9-/m0/s1. The van der Waals surface area contributed by atoms with Crippen molar-refractivity contribution in [1.82, 2.24) is 0 Å². The van der Waals surface area contributed by atoms with E-state index >= 15 is 0 Å². The van der Waals surface area contributed by atoms with Crippen molar-refractivity contribution in [3.05, 3.63) is 64.2 Å². The summed E-state index contributed by atoms with van der Waals surface area (Å²) in [5, 5.41) is 9.88. The number of halogens is 3. The summed E-state index contributed by atoms with van der Waals surface area (Å²) in [4.78, 5) is 0. The van der Waals surface area contributed by atoms with Crippen LogP contribution in [0.2, 0.25) is 5.02 Å². The van der Waals surface area contributed by atoms with Gasteiger partial charge in [-0.2, -0.15) is 0 Å². The Kier molecular flexibility index (Phi) is 4.57. The van der Waals surface area contributed by atoms with Crippen molar-refractivity contribution in [3.8, 4) is 5.75 Å². The van der Waals surface area contributed by atoms with Gasteiger partial charge in [0.05, 0.1) is 6.10 Å². The summed E-state index contributed by atoms with van der Waals surface area (Å²) in [5.74, 6) is -0.625. The summed E-state index contributed by atoms with van der Waals surface area (Å²) >= 11 is 5.66. The lowest BCUT2D eigenvalue weighted by Gasteiger charge is -2.14. The normalized spacial score (nSPS) is 12.2. The molecule has 0 aromatic heterocycles. The molecule has 0 amide bonds. The molecular formula is C15H13ClF2O2. The molecule has 0 aliphatic heterocycles. The molecule has 1 atom stereocenters. The molecule has 5 heteroatoms. The Morgan fingerprint density at radius 3 is 2.60 bits per heavy atom. The average molecular weight is 299 g/mol. The van der Waals surface area contributed by atoms with Crippen LogP contribution in [0.4, 0.5) is 8.78 Å². The first-order chi connectivity index (χ1) is 9.47. The molecule has 2 rings (SSSR count). The number of ether oxygens (including phenoxy) is 1. The van der Waals surface area contributed by atoms with Crippen molar-refractivity contribution < 1.29 is 18.6 Å². The molecular weight excluding hydrogens is 286 g/mol. The molecule has 0 bridgehead atoms. The highest BCUT2D eigenvalue weighted by Crippen LogP contribution is 2.27. The first-order valence-corrected chi connectivity index (χ1v) is 6.39. The van der Waals surface area contributed by atoms with Crippen LogP contribution in [0.5, 0.6) is 5.75 Å². The van der Waals surface area contributed by atoms with E-state index in [9.17, 15) is 13.9 Å². The zero-order valence-corrected chi connectivity index (χ0v) is 11.5. The zero-order chi connectivity index (χ0) is 14.7. The highest BCUT2D eigenvalue weighted by molar-refractivity contribution is 6.30. The summed E-state index contributed by atoms with van der Waals surface area (Å²) in [6.45, 7) is 1.47. The van der Waals surface area contributed by atoms with Gasteiger partial charge in [-0.3, -0.25) is 0 Å². The highest BCUT2D eigenvalue weighted by Gasteiger charge is 2.12. The third-order valence-electron chi connectivity index (χ3n) is 2.82. The van der Waals surface area contributed by atoms with Gasteiger partial charge >= 0.3 is 0 Å². The third-order valence-corrected chi connectivity index (χ3v) is 3.06. The van der Waals surface area contributed by atoms with Crippen LogP contribution in [0.1, 0.15) is 24.2 Å². The third kappa shape index (κ3) is 3.46. The number of aliphatic hydroxyl groups excluding tert-OH is 1. The Morgan fingerprint density at radius 2 is 1.95 bits per heavy atom. The van der Waals surface area contributed by atoms with Crippen LogP contribution in [0.15, 0.2) is 36.4 Å². The summed E-state index contributed by atoms with van der Waals surface area (Å²) in [5.41, 5.74) is 0.648. The zero-order valence-electron chi connectivity index (χ0n) is 10.7. The molecule has 0 saturated heterocycles. The predicted octanol–water partition coefficient (Wildman–Crippen LogP) is 4.25. The van der Waals surface area contributed by atoms with E-state index in [2.05, 4.69) is 0 Å². The molecule has 106 valence electrons. The van der Waals surface area contributed by atoms with Crippen LogP contribution in [-0.2, 0) is 6.61 Å². The van der Waals surface area contributed by atoms with Crippen LogP contribution < -0.4 is 4.74 Å². The average Bonchev–Trinajstić information content (AvgIpc) is 2.38. The van der Waals surface area contributed by atoms with E-state index in [-0.39, 0.29) is 6.61 Å². The van der Waals surface area contributed by atoms with Crippen molar-refractivity contribution >= 4 is 11.6 Å². The van der Waals surface area contributed by atoms with Gasteiger partial charge in [-0.05, 0) is 37.3 Å². The highest BCUT2D eigenvalue weighted by atomic mass is 35.5. The minimum atomic E-state index is -0.879. The fourth-order valence-electron chi connectivity index (χ4n) is 1.77. The first-order valence-electron chi connectivity index (χ1n) is 6.01. The Morgan fingerprint density at radius 1 is 1.20 bits per heavy atom. The fourth-order valence-corrected chi connectivity index (χ4v) is 1.93. The van der Waals surface area contributed by atoms with Crippen molar-refractivity contribution in [3.63, 3.8) is 0 Å². The SMILES string of the molecule is C[C@H](O)c1cc(F)ccc1OCc1ccc(Cl)cc1F. The van der Waals surface area contributed by atoms with Gasteiger partial charge < -0.3 is 9.84 Å². The van der Waals surface area contributed by atoms with Crippen molar-refractivity contribution in [2.45, 2.75) is 19.6 Å². The first kappa shape index (κ1) is 14.8. The molecule has 2 aromatic carbocycles. The monoisotopic (exact) mass is 298 g/mol. The van der Waals surface area contributed by atoms with Gasteiger partial charge in [-0.1, -0.05) is 17.7 Å². The summed E-state index contributed by atoms with van der Waals surface area (Å²) < 4.78 is 32.2. The lowest BCUT2D eigenvalue weighted by molar-refractivity contribution is 0.189. The molecule has 0 unspecified atom stereocenters. The molecule has 0 heterocycles. The van der Waals surface area contributed by atoms with Gasteiger partial charge in [0, 0.05) is 16.1 Å². The van der Waals surface area contributed by atoms with E-state index in [1.165, 1.54) is 37.3 Å². The quantitative estimate of drug-likeness (QED) is 0.914. The number of benzene rings is 2. The van der Waals surface area contributed by atoms with Crippen molar-refractivity contribution in [2.75, 3.05) is 0 Å². The van der Waals surface area contributed by atoms with Gasteiger partial charge in [0.15, 0.2) is 0 Å². The van der Waals surface area contributed by atoms with Gasteiger partial charge in [-0.25, -0.2) is 8.78 Å². The van der Waals surface area contributed by atoms with Gasteiger partial charge in [0.1, 0.15) is 24.0 Å². The van der Waals surface area contributed by atoms with E-state index in [0.29, 0.717) is 21.9 Å². The molecule has 1 N–H and O–H groups in total.